The first-order valence-corrected chi connectivity index (χ1v) is 14.6. The SMILES string of the molecule is C=CC(CO)NC(=O)c1c(OCc2ccccc2)c(=O)c(C(=O)NCc2ccc(F)cc2F)cn1N(C(=O)OC(C)(C)C)C(C)C=C. The highest BCUT2D eigenvalue weighted by molar-refractivity contribution is 5.99. The number of aliphatic hydroxyl groups is 1. The molecule has 13 heteroatoms. The average Bonchev–Trinajstić information content (AvgIpc) is 3.02. The van der Waals surface area contributed by atoms with Crippen molar-refractivity contribution >= 4 is 17.9 Å². The van der Waals surface area contributed by atoms with E-state index in [-0.39, 0.29) is 12.2 Å². The van der Waals surface area contributed by atoms with Crippen molar-refractivity contribution in [2.24, 2.45) is 0 Å². The van der Waals surface area contributed by atoms with E-state index in [9.17, 15) is 33.1 Å². The Balaban J connectivity index is 2.30. The smallest absolute Gasteiger partial charge is 0.430 e. The van der Waals surface area contributed by atoms with Crippen LogP contribution in [0.25, 0.3) is 0 Å². The number of amides is 3. The topological polar surface area (TPSA) is 139 Å². The summed E-state index contributed by atoms with van der Waals surface area (Å²) >= 11 is 0. The second-order valence-corrected chi connectivity index (χ2v) is 11.4. The molecule has 0 spiro atoms. The highest BCUT2D eigenvalue weighted by Crippen LogP contribution is 2.22. The number of hydrogen-bond donors (Lipinski definition) is 3. The molecule has 0 aliphatic rings. The van der Waals surface area contributed by atoms with E-state index in [1.165, 1.54) is 12.2 Å². The number of pyridine rings is 1. The third-order valence-electron chi connectivity index (χ3n) is 6.62. The molecule has 2 unspecified atom stereocenters. The summed E-state index contributed by atoms with van der Waals surface area (Å²) in [5.74, 6) is -4.32. The second-order valence-electron chi connectivity index (χ2n) is 11.4. The van der Waals surface area contributed by atoms with Crippen LogP contribution < -0.4 is 25.8 Å². The van der Waals surface area contributed by atoms with Crippen LogP contribution in [0.5, 0.6) is 5.75 Å². The van der Waals surface area contributed by atoms with Gasteiger partial charge in [-0.3, -0.25) is 14.4 Å². The predicted molar refractivity (Wildman–Crippen MR) is 172 cm³/mol. The van der Waals surface area contributed by atoms with Gasteiger partial charge in [-0.05, 0) is 39.3 Å². The Morgan fingerprint density at radius 2 is 1.74 bits per heavy atom. The van der Waals surface area contributed by atoms with Crippen molar-refractivity contribution in [2.45, 2.75) is 58.5 Å². The maximum absolute atomic E-state index is 14.3. The molecule has 3 N–H and O–H groups in total. The molecule has 3 aromatic rings. The Labute approximate surface area is 271 Å². The van der Waals surface area contributed by atoms with Gasteiger partial charge in [0.1, 0.15) is 29.4 Å². The molecule has 2 atom stereocenters. The number of aliphatic hydroxyl groups excluding tert-OH is 1. The normalized spacial score (nSPS) is 12.3. The zero-order valence-corrected chi connectivity index (χ0v) is 26.6. The van der Waals surface area contributed by atoms with Crippen LogP contribution in [-0.2, 0) is 17.9 Å². The van der Waals surface area contributed by atoms with Crippen LogP contribution in [0.3, 0.4) is 0 Å². The molecule has 47 heavy (non-hydrogen) atoms. The molecule has 0 radical (unpaired) electrons. The third-order valence-corrected chi connectivity index (χ3v) is 6.62. The first-order chi connectivity index (χ1) is 22.2. The van der Waals surface area contributed by atoms with E-state index in [1.54, 1.807) is 58.0 Å². The molecule has 0 fully saturated rings. The third kappa shape index (κ3) is 9.36. The lowest BCUT2D eigenvalue weighted by Crippen LogP contribution is -2.52. The fourth-order valence-corrected chi connectivity index (χ4v) is 4.19. The van der Waals surface area contributed by atoms with Crippen molar-refractivity contribution in [2.75, 3.05) is 11.6 Å². The van der Waals surface area contributed by atoms with Gasteiger partial charge in [-0.1, -0.05) is 48.6 Å². The summed E-state index contributed by atoms with van der Waals surface area (Å²) in [6, 6.07) is 9.59. The van der Waals surface area contributed by atoms with Gasteiger partial charge >= 0.3 is 6.09 Å². The molecule has 0 saturated heterocycles. The Bertz CT molecular complexity index is 1690. The number of rotatable bonds is 13. The first-order valence-electron chi connectivity index (χ1n) is 14.6. The van der Waals surface area contributed by atoms with Crippen molar-refractivity contribution in [3.8, 4) is 5.75 Å². The zero-order valence-electron chi connectivity index (χ0n) is 26.6. The summed E-state index contributed by atoms with van der Waals surface area (Å²) in [4.78, 5) is 55.0. The van der Waals surface area contributed by atoms with E-state index in [2.05, 4.69) is 23.8 Å². The number of hydrogen-bond acceptors (Lipinski definition) is 7. The van der Waals surface area contributed by atoms with Crippen LogP contribution in [0.2, 0.25) is 0 Å². The number of carbonyl (C=O) groups excluding carboxylic acids is 3. The molecular formula is C34H38F2N4O7. The van der Waals surface area contributed by atoms with Gasteiger partial charge in [0.05, 0.1) is 18.7 Å². The summed E-state index contributed by atoms with van der Waals surface area (Å²) in [6.45, 7) is 12.6. The fraction of sp³-hybridized carbons (Fsp3) is 0.294. The van der Waals surface area contributed by atoms with Gasteiger partial charge in [0.2, 0.25) is 5.43 Å². The van der Waals surface area contributed by atoms with Gasteiger partial charge in [-0.25, -0.2) is 23.3 Å². The molecule has 3 rings (SSSR count). The summed E-state index contributed by atoms with van der Waals surface area (Å²) < 4.78 is 40.2. The van der Waals surface area contributed by atoms with Crippen molar-refractivity contribution in [1.82, 2.24) is 15.3 Å². The van der Waals surface area contributed by atoms with Gasteiger partial charge in [0.15, 0.2) is 11.4 Å². The summed E-state index contributed by atoms with van der Waals surface area (Å²) in [5, 5.41) is 15.6. The predicted octanol–water partition coefficient (Wildman–Crippen LogP) is 4.36. The summed E-state index contributed by atoms with van der Waals surface area (Å²) in [6.07, 6.45) is 2.61. The molecule has 1 aromatic heterocycles. The van der Waals surface area contributed by atoms with Crippen molar-refractivity contribution in [1.29, 1.82) is 0 Å². The van der Waals surface area contributed by atoms with E-state index < -0.39 is 82.8 Å². The minimum absolute atomic E-state index is 0.0632. The van der Waals surface area contributed by atoms with Gasteiger partial charge in [-0.15, -0.1) is 13.2 Å². The standard InChI is InChI=1S/C34H38F2N4O7/c1-7-21(3)40(33(45)47-34(4,5)6)39-18-26(31(43)37-17-23-14-15-24(35)16-27(23)36)29(42)30(46-20-22-12-10-9-11-13-22)28(39)32(44)38-25(8-2)19-41/h7-16,18,21,25,41H,1-2,17,19-20H2,3-6H3,(H,37,43)(H,38,44). The molecule has 1 heterocycles. The number of carbonyl (C=O) groups is 3. The maximum atomic E-state index is 14.3. The maximum Gasteiger partial charge on any atom is 0.430 e. The van der Waals surface area contributed by atoms with Crippen LogP contribution in [0.1, 0.15) is 59.7 Å². The van der Waals surface area contributed by atoms with Crippen LogP contribution in [0.15, 0.2) is 84.8 Å². The molecule has 3 amide bonds. The van der Waals surface area contributed by atoms with Gasteiger partial charge < -0.3 is 25.2 Å². The largest absolute Gasteiger partial charge is 0.482 e. The van der Waals surface area contributed by atoms with E-state index in [4.69, 9.17) is 9.47 Å². The number of nitrogens with one attached hydrogen (secondary N) is 2. The second kappa shape index (κ2) is 15.8. The quantitative estimate of drug-likeness (QED) is 0.233. The van der Waals surface area contributed by atoms with Gasteiger partial charge in [0, 0.05) is 24.4 Å². The lowest BCUT2D eigenvalue weighted by molar-refractivity contribution is 0.0525. The van der Waals surface area contributed by atoms with Crippen LogP contribution in [-0.4, -0.2) is 52.0 Å². The first kappa shape index (κ1) is 36.2. The van der Waals surface area contributed by atoms with Gasteiger partial charge in [0.25, 0.3) is 11.8 Å². The molecule has 2 aromatic carbocycles. The Hall–Kier alpha value is -5.30. The number of ether oxygens (including phenoxy) is 2. The zero-order chi connectivity index (χ0) is 34.9. The molecule has 0 aliphatic carbocycles. The minimum atomic E-state index is -1.03. The Morgan fingerprint density at radius 3 is 2.32 bits per heavy atom. The van der Waals surface area contributed by atoms with E-state index in [1.807, 2.05) is 0 Å². The van der Waals surface area contributed by atoms with E-state index in [0.717, 1.165) is 28.0 Å². The van der Waals surface area contributed by atoms with Crippen LogP contribution >= 0.6 is 0 Å². The Morgan fingerprint density at radius 1 is 1.06 bits per heavy atom. The minimum Gasteiger partial charge on any atom is -0.482 e. The monoisotopic (exact) mass is 652 g/mol. The molecule has 0 saturated carbocycles. The molecule has 0 bridgehead atoms. The van der Waals surface area contributed by atoms with Crippen molar-refractivity contribution in [3.63, 3.8) is 0 Å². The number of aromatic nitrogens is 1. The number of halogens is 2. The molecule has 11 nitrogen and oxygen atoms in total. The fourth-order valence-electron chi connectivity index (χ4n) is 4.19. The highest BCUT2D eigenvalue weighted by atomic mass is 19.1. The van der Waals surface area contributed by atoms with E-state index in [0.29, 0.717) is 11.6 Å². The lowest BCUT2D eigenvalue weighted by atomic mass is 10.1. The van der Waals surface area contributed by atoms with E-state index >= 15 is 0 Å². The Kier molecular flexibility index (Phi) is 12.2. The summed E-state index contributed by atoms with van der Waals surface area (Å²) in [7, 11) is 0. The van der Waals surface area contributed by atoms with Crippen LogP contribution in [0.4, 0.5) is 13.6 Å². The molecule has 250 valence electrons. The van der Waals surface area contributed by atoms with Gasteiger partial charge in [-0.2, -0.15) is 0 Å². The number of nitrogens with zero attached hydrogens (tertiary/aromatic N) is 2. The average molecular weight is 653 g/mol. The lowest BCUT2D eigenvalue weighted by Gasteiger charge is -2.34. The molecular weight excluding hydrogens is 614 g/mol. The number of benzene rings is 2. The highest BCUT2D eigenvalue weighted by Gasteiger charge is 2.34. The summed E-state index contributed by atoms with van der Waals surface area (Å²) in [5.41, 5.74) is -2.59. The van der Waals surface area contributed by atoms with Crippen molar-refractivity contribution in [3.05, 3.63) is 124 Å². The molecule has 0 aliphatic heterocycles. The van der Waals surface area contributed by atoms with Crippen molar-refractivity contribution < 1.29 is 37.7 Å². The van der Waals surface area contributed by atoms with Crippen LogP contribution in [0, 0.1) is 11.6 Å².